The highest BCUT2D eigenvalue weighted by Gasteiger charge is 2.26. The van der Waals surface area contributed by atoms with E-state index >= 15 is 0 Å². The van der Waals surface area contributed by atoms with Gasteiger partial charge in [-0.3, -0.25) is 24.0 Å². The van der Waals surface area contributed by atoms with Gasteiger partial charge < -0.3 is 19.4 Å². The summed E-state index contributed by atoms with van der Waals surface area (Å²) in [6.45, 7) is 3.36. The lowest BCUT2D eigenvalue weighted by molar-refractivity contribution is -0.141. The highest BCUT2D eigenvalue weighted by molar-refractivity contribution is 6.10. The van der Waals surface area contributed by atoms with E-state index in [1.807, 2.05) is 0 Å². The average Bonchev–Trinajstić information content (AvgIpc) is 3.25. The van der Waals surface area contributed by atoms with E-state index in [9.17, 15) is 24.0 Å². The van der Waals surface area contributed by atoms with Crippen molar-refractivity contribution < 1.29 is 33.4 Å². The number of aldehydes is 2. The lowest BCUT2D eigenvalue weighted by Gasteiger charge is -2.07. The fourth-order valence-electron chi connectivity index (χ4n) is 3.34. The van der Waals surface area contributed by atoms with Crippen LogP contribution in [0.5, 0.6) is 0 Å². The molecular weight excluding hydrogens is 392 g/mol. The van der Waals surface area contributed by atoms with Crippen LogP contribution in [0.1, 0.15) is 72.3 Å². The van der Waals surface area contributed by atoms with Crippen molar-refractivity contribution in [2.45, 2.75) is 39.5 Å². The normalized spacial score (nSPS) is 10.5. The Morgan fingerprint density at radius 3 is 1.43 bits per heavy atom. The molecule has 2 N–H and O–H groups in total. The van der Waals surface area contributed by atoms with Crippen molar-refractivity contribution in [3.05, 3.63) is 45.0 Å². The first kappa shape index (κ1) is 22.8. The van der Waals surface area contributed by atoms with Crippen molar-refractivity contribution in [3.63, 3.8) is 0 Å². The molecule has 2 rings (SSSR count). The molecule has 0 radical (unpaired) electrons. The fourth-order valence-corrected chi connectivity index (χ4v) is 3.34. The molecule has 0 aliphatic carbocycles. The monoisotopic (exact) mass is 416 g/mol. The van der Waals surface area contributed by atoms with E-state index < -0.39 is 17.7 Å². The Bertz CT molecular complexity index is 919. The molecular formula is C21H24N2O7. The molecule has 0 fully saturated rings. The minimum Gasteiger partial charge on any atom is -0.469 e. The van der Waals surface area contributed by atoms with Gasteiger partial charge in [0.15, 0.2) is 12.6 Å². The number of H-pyrrole nitrogens is 2. The third-order valence-electron chi connectivity index (χ3n) is 5.14. The number of rotatable bonds is 10. The predicted octanol–water partition coefficient (Wildman–Crippen LogP) is 2.03. The van der Waals surface area contributed by atoms with Gasteiger partial charge in [0.05, 0.1) is 37.0 Å². The van der Waals surface area contributed by atoms with Crippen LogP contribution in [-0.2, 0) is 31.9 Å². The number of ether oxygens (including phenoxy) is 2. The third-order valence-corrected chi connectivity index (χ3v) is 5.14. The molecule has 0 bridgehead atoms. The number of carbonyl (C=O) groups is 5. The minimum absolute atomic E-state index is 0.0340. The van der Waals surface area contributed by atoms with Crippen molar-refractivity contribution in [1.29, 1.82) is 0 Å². The van der Waals surface area contributed by atoms with Gasteiger partial charge in [0.25, 0.3) is 0 Å². The van der Waals surface area contributed by atoms with E-state index in [1.165, 1.54) is 14.2 Å². The topological polar surface area (TPSA) is 135 Å². The maximum Gasteiger partial charge on any atom is 0.305 e. The van der Waals surface area contributed by atoms with E-state index in [2.05, 4.69) is 19.4 Å². The standard InChI is InChI=1S/C21H24N2O7/c1-11-13(5-7-17(26)29-3)19(22-15(11)9-24)21(28)20-14(6-8-18(27)30-4)12(2)16(10-25)23-20/h9-10,22-23H,5-8H2,1-4H3. The Balaban J connectivity index is 2.51. The Labute approximate surface area is 173 Å². The summed E-state index contributed by atoms with van der Waals surface area (Å²) < 4.78 is 9.31. The van der Waals surface area contributed by atoms with E-state index in [1.54, 1.807) is 13.8 Å². The van der Waals surface area contributed by atoms with Crippen LogP contribution in [0.4, 0.5) is 0 Å². The quantitative estimate of drug-likeness (QED) is 0.344. The second kappa shape index (κ2) is 9.82. The Hall–Kier alpha value is -3.49. The summed E-state index contributed by atoms with van der Waals surface area (Å²) in [7, 11) is 2.54. The lowest BCUT2D eigenvalue weighted by Crippen LogP contribution is -2.11. The number of aromatic amines is 2. The van der Waals surface area contributed by atoms with Crippen LogP contribution in [0.2, 0.25) is 0 Å². The number of methoxy groups -OCH3 is 2. The summed E-state index contributed by atoms with van der Waals surface area (Å²) in [5, 5.41) is 0. The molecule has 0 aromatic carbocycles. The van der Waals surface area contributed by atoms with Crippen LogP contribution >= 0.6 is 0 Å². The van der Waals surface area contributed by atoms with Crippen molar-refractivity contribution >= 4 is 30.3 Å². The van der Waals surface area contributed by atoms with Gasteiger partial charge in [-0.2, -0.15) is 0 Å². The molecule has 0 aliphatic heterocycles. The van der Waals surface area contributed by atoms with Gasteiger partial charge in [-0.25, -0.2) is 0 Å². The summed E-state index contributed by atoms with van der Waals surface area (Å²) >= 11 is 0. The number of aromatic nitrogens is 2. The molecule has 0 spiro atoms. The van der Waals surface area contributed by atoms with Gasteiger partial charge in [0, 0.05) is 12.8 Å². The van der Waals surface area contributed by atoms with Crippen molar-refractivity contribution in [1.82, 2.24) is 9.97 Å². The first-order chi connectivity index (χ1) is 14.3. The Morgan fingerprint density at radius 2 is 1.13 bits per heavy atom. The highest BCUT2D eigenvalue weighted by atomic mass is 16.5. The zero-order chi connectivity index (χ0) is 22.4. The number of carbonyl (C=O) groups excluding carboxylic acids is 5. The van der Waals surface area contributed by atoms with Gasteiger partial charge in [-0.05, 0) is 48.9 Å². The first-order valence-corrected chi connectivity index (χ1v) is 9.30. The summed E-state index contributed by atoms with van der Waals surface area (Å²) in [6, 6.07) is 0. The fraction of sp³-hybridized carbons (Fsp3) is 0.381. The number of hydrogen-bond donors (Lipinski definition) is 2. The SMILES string of the molecule is COC(=O)CCc1c(C(=O)c2[nH]c(C=O)c(C)c2CCC(=O)OC)[nH]c(C=O)c1C. The maximum atomic E-state index is 13.4. The van der Waals surface area contributed by atoms with Crippen LogP contribution in [0.15, 0.2) is 0 Å². The highest BCUT2D eigenvalue weighted by Crippen LogP contribution is 2.26. The summed E-state index contributed by atoms with van der Waals surface area (Å²) in [5.74, 6) is -1.36. The van der Waals surface area contributed by atoms with E-state index in [4.69, 9.17) is 0 Å². The number of esters is 2. The second-order valence-electron chi connectivity index (χ2n) is 6.75. The molecule has 0 unspecified atom stereocenters. The molecule has 2 aromatic rings. The number of ketones is 1. The van der Waals surface area contributed by atoms with Gasteiger partial charge >= 0.3 is 11.9 Å². The molecule has 0 aliphatic rings. The Morgan fingerprint density at radius 1 is 0.767 bits per heavy atom. The molecule has 0 saturated heterocycles. The second-order valence-corrected chi connectivity index (χ2v) is 6.75. The zero-order valence-electron chi connectivity index (χ0n) is 17.3. The van der Waals surface area contributed by atoms with Crippen LogP contribution in [0, 0.1) is 13.8 Å². The van der Waals surface area contributed by atoms with Gasteiger partial charge in [-0.15, -0.1) is 0 Å². The van der Waals surface area contributed by atoms with E-state index in [0.29, 0.717) is 34.8 Å². The molecule has 2 aromatic heterocycles. The number of nitrogens with one attached hydrogen (secondary N) is 2. The van der Waals surface area contributed by atoms with Crippen LogP contribution < -0.4 is 0 Å². The smallest absolute Gasteiger partial charge is 0.305 e. The summed E-state index contributed by atoms with van der Waals surface area (Å²) in [5.41, 5.74) is 2.92. The largest absolute Gasteiger partial charge is 0.469 e. The number of hydrogen-bond acceptors (Lipinski definition) is 7. The first-order valence-electron chi connectivity index (χ1n) is 9.30. The van der Waals surface area contributed by atoms with E-state index in [-0.39, 0.29) is 48.5 Å². The molecule has 9 nitrogen and oxygen atoms in total. The van der Waals surface area contributed by atoms with Crippen LogP contribution in [0.25, 0.3) is 0 Å². The average molecular weight is 416 g/mol. The van der Waals surface area contributed by atoms with Gasteiger partial charge in [-0.1, -0.05) is 0 Å². The lowest BCUT2D eigenvalue weighted by atomic mass is 9.98. The third kappa shape index (κ3) is 4.56. The van der Waals surface area contributed by atoms with Crippen molar-refractivity contribution in [3.8, 4) is 0 Å². The summed E-state index contributed by atoms with van der Waals surface area (Å²) in [4.78, 5) is 64.9. The van der Waals surface area contributed by atoms with Crippen LogP contribution in [0.3, 0.4) is 0 Å². The molecule has 9 heteroatoms. The molecule has 0 atom stereocenters. The maximum absolute atomic E-state index is 13.4. The Kier molecular flexibility index (Phi) is 7.46. The van der Waals surface area contributed by atoms with Crippen molar-refractivity contribution in [2.24, 2.45) is 0 Å². The molecule has 2 heterocycles. The molecule has 0 saturated carbocycles. The van der Waals surface area contributed by atoms with Crippen molar-refractivity contribution in [2.75, 3.05) is 14.2 Å². The molecule has 160 valence electrons. The summed E-state index contributed by atoms with van der Waals surface area (Å²) in [6.07, 6.45) is 1.66. The zero-order valence-corrected chi connectivity index (χ0v) is 17.3. The molecule has 0 amide bonds. The minimum atomic E-state index is -0.470. The van der Waals surface area contributed by atoms with Gasteiger partial charge in [0.1, 0.15) is 0 Å². The predicted molar refractivity (Wildman–Crippen MR) is 106 cm³/mol. The van der Waals surface area contributed by atoms with E-state index in [0.717, 1.165) is 0 Å². The van der Waals surface area contributed by atoms with Crippen LogP contribution in [-0.4, -0.2) is 54.5 Å². The molecule has 30 heavy (non-hydrogen) atoms. The van der Waals surface area contributed by atoms with Gasteiger partial charge in [0.2, 0.25) is 5.78 Å².